The summed E-state index contributed by atoms with van der Waals surface area (Å²) in [6, 6.07) is 27.2. The predicted octanol–water partition coefficient (Wildman–Crippen LogP) is 3.14. The molecule has 0 fully saturated rings. The third kappa shape index (κ3) is 6.63. The molecule has 0 radical (unpaired) electrons. The number of hydrogen-bond acceptors (Lipinski definition) is 2. The Hall–Kier alpha value is -2.82. The van der Waals surface area contributed by atoms with E-state index >= 15 is 0 Å². The van der Waals surface area contributed by atoms with Crippen molar-refractivity contribution in [3.8, 4) is 5.75 Å². The van der Waals surface area contributed by atoms with Gasteiger partial charge in [-0.3, -0.25) is 4.79 Å². The second-order valence-corrected chi connectivity index (χ2v) is 7.44. The molecule has 0 saturated heterocycles. The van der Waals surface area contributed by atoms with Crippen molar-refractivity contribution in [3.05, 3.63) is 101 Å². The fourth-order valence-corrected chi connectivity index (χ4v) is 3.22. The minimum absolute atomic E-state index is 0.00620. The van der Waals surface area contributed by atoms with E-state index in [1.807, 2.05) is 79.8 Å². The van der Waals surface area contributed by atoms with Gasteiger partial charge in [-0.05, 0) is 35.4 Å². The van der Waals surface area contributed by atoms with E-state index in [0.29, 0.717) is 18.2 Å². The van der Waals surface area contributed by atoms with Crippen LogP contribution in [0.15, 0.2) is 84.9 Å². The monoisotopic (exact) mass is 409 g/mol. The van der Waals surface area contributed by atoms with E-state index < -0.39 is 0 Å². The highest BCUT2D eigenvalue weighted by molar-refractivity contribution is 6.30. The minimum Gasteiger partial charge on any atom is -0.488 e. The molecule has 3 aromatic carbocycles. The molecule has 0 heterocycles. The minimum atomic E-state index is -0.164. The topological polar surface area (TPSA) is 42.8 Å². The molecule has 3 rings (SSSR count). The maximum Gasteiger partial charge on any atom is 0.275 e. The van der Waals surface area contributed by atoms with Gasteiger partial charge in [0.15, 0.2) is 6.54 Å². The van der Waals surface area contributed by atoms with Crippen LogP contribution in [0.5, 0.6) is 5.75 Å². The molecular weight excluding hydrogens is 384 g/mol. The van der Waals surface area contributed by atoms with E-state index in [9.17, 15) is 4.79 Å². The average Bonchev–Trinajstić information content (AvgIpc) is 2.75. The number of carbonyl (C=O) groups excluding carboxylic acids is 1. The molecule has 0 aliphatic heterocycles. The molecule has 1 atom stereocenters. The number of likely N-dealkylation sites (N-methyl/N-ethyl adjacent to an activating group) is 1. The second kappa shape index (κ2) is 10.6. The van der Waals surface area contributed by atoms with Gasteiger partial charge in [-0.1, -0.05) is 72.3 Å². The number of benzene rings is 3. The van der Waals surface area contributed by atoms with Crippen LogP contribution >= 0.6 is 11.6 Å². The van der Waals surface area contributed by atoms with Crippen LogP contribution in [0.25, 0.3) is 0 Å². The quantitative estimate of drug-likeness (QED) is 0.570. The van der Waals surface area contributed by atoms with Gasteiger partial charge in [-0.15, -0.1) is 0 Å². The molecule has 4 nitrogen and oxygen atoms in total. The van der Waals surface area contributed by atoms with Gasteiger partial charge < -0.3 is 15.0 Å². The van der Waals surface area contributed by atoms with Gasteiger partial charge in [0, 0.05) is 5.02 Å². The largest absolute Gasteiger partial charge is 0.488 e. The number of rotatable bonds is 9. The van der Waals surface area contributed by atoms with Crippen LogP contribution in [0.1, 0.15) is 17.2 Å². The second-order valence-electron chi connectivity index (χ2n) is 7.01. The summed E-state index contributed by atoms with van der Waals surface area (Å²) in [4.78, 5) is 13.8. The molecule has 150 valence electrons. The van der Waals surface area contributed by atoms with Gasteiger partial charge in [-0.2, -0.15) is 0 Å². The lowest BCUT2D eigenvalue weighted by Gasteiger charge is -2.21. The highest BCUT2D eigenvalue weighted by Crippen LogP contribution is 2.21. The number of amides is 1. The number of ether oxygens (including phenoxy) is 1. The molecule has 29 heavy (non-hydrogen) atoms. The van der Waals surface area contributed by atoms with Gasteiger partial charge in [0.25, 0.3) is 5.91 Å². The van der Waals surface area contributed by atoms with Crippen molar-refractivity contribution < 1.29 is 14.4 Å². The van der Waals surface area contributed by atoms with E-state index in [2.05, 4.69) is 5.32 Å². The van der Waals surface area contributed by atoms with Gasteiger partial charge >= 0.3 is 0 Å². The Morgan fingerprint density at radius 1 is 0.931 bits per heavy atom. The van der Waals surface area contributed by atoms with Crippen molar-refractivity contribution in [2.45, 2.75) is 6.04 Å². The number of nitrogens with one attached hydrogen (secondary N) is 2. The maximum atomic E-state index is 12.7. The van der Waals surface area contributed by atoms with Gasteiger partial charge in [0.1, 0.15) is 18.9 Å². The summed E-state index contributed by atoms with van der Waals surface area (Å²) in [5.41, 5.74) is 2.13. The lowest BCUT2D eigenvalue weighted by Crippen LogP contribution is -3.10. The van der Waals surface area contributed by atoms with E-state index in [1.165, 1.54) is 0 Å². The zero-order valence-corrected chi connectivity index (χ0v) is 17.2. The van der Waals surface area contributed by atoms with Gasteiger partial charge in [0.05, 0.1) is 13.1 Å². The Bertz CT molecular complexity index is 846. The fourth-order valence-electron chi connectivity index (χ4n) is 3.10. The fraction of sp³-hybridized carbons (Fsp3) is 0.208. The lowest BCUT2D eigenvalue weighted by atomic mass is 9.99. The highest BCUT2D eigenvalue weighted by Gasteiger charge is 2.18. The number of quaternary nitrogens is 1. The Labute approximate surface area is 177 Å². The zero-order valence-electron chi connectivity index (χ0n) is 16.5. The molecular formula is C24H26ClN2O2+. The lowest BCUT2D eigenvalue weighted by molar-refractivity contribution is -0.871. The summed E-state index contributed by atoms with van der Waals surface area (Å²) in [6.07, 6.45) is 0. The van der Waals surface area contributed by atoms with Crippen LogP contribution in [-0.4, -0.2) is 32.7 Å². The van der Waals surface area contributed by atoms with E-state index in [0.717, 1.165) is 28.3 Å². The van der Waals surface area contributed by atoms with Crippen molar-refractivity contribution in [3.63, 3.8) is 0 Å². The molecule has 0 aromatic heterocycles. The zero-order chi connectivity index (χ0) is 20.5. The van der Waals surface area contributed by atoms with Crippen molar-refractivity contribution >= 4 is 17.5 Å². The van der Waals surface area contributed by atoms with Crippen LogP contribution in [0, 0.1) is 0 Å². The van der Waals surface area contributed by atoms with E-state index in [-0.39, 0.29) is 11.9 Å². The SMILES string of the molecule is C[NH+](CCOc1ccc(Cl)cc1)CC(=O)NC(c1ccccc1)c1ccccc1. The van der Waals surface area contributed by atoms with Crippen LogP contribution in [-0.2, 0) is 4.79 Å². The number of carbonyl (C=O) groups is 1. The van der Waals surface area contributed by atoms with E-state index in [4.69, 9.17) is 16.3 Å². The number of hydrogen-bond donors (Lipinski definition) is 2. The maximum absolute atomic E-state index is 12.7. The van der Waals surface area contributed by atoms with Crippen LogP contribution in [0.2, 0.25) is 5.02 Å². The Kier molecular flexibility index (Phi) is 7.68. The van der Waals surface area contributed by atoms with Gasteiger partial charge in [-0.25, -0.2) is 0 Å². The summed E-state index contributed by atoms with van der Waals surface area (Å²) in [5, 5.41) is 3.86. The van der Waals surface area contributed by atoms with Crippen LogP contribution < -0.4 is 15.0 Å². The Balaban J connectivity index is 1.53. The summed E-state index contributed by atoms with van der Waals surface area (Å²) < 4.78 is 5.72. The third-order valence-corrected chi connectivity index (χ3v) is 4.90. The highest BCUT2D eigenvalue weighted by atomic mass is 35.5. The molecule has 0 saturated carbocycles. The molecule has 0 spiro atoms. The molecule has 3 aromatic rings. The van der Waals surface area contributed by atoms with Crippen molar-refractivity contribution in [1.82, 2.24) is 5.32 Å². The molecule has 1 unspecified atom stereocenters. The van der Waals surface area contributed by atoms with Crippen molar-refractivity contribution in [1.29, 1.82) is 0 Å². The first-order valence-electron chi connectivity index (χ1n) is 9.71. The van der Waals surface area contributed by atoms with E-state index in [1.54, 1.807) is 12.1 Å². The average molecular weight is 410 g/mol. The first kappa shape index (κ1) is 20.9. The summed E-state index contributed by atoms with van der Waals surface area (Å²) in [7, 11) is 1.99. The Morgan fingerprint density at radius 2 is 1.48 bits per heavy atom. The third-order valence-electron chi connectivity index (χ3n) is 4.64. The molecule has 5 heteroatoms. The van der Waals surface area contributed by atoms with Gasteiger partial charge in [0.2, 0.25) is 0 Å². The number of halogens is 1. The normalized spacial score (nSPS) is 11.8. The first-order chi connectivity index (χ1) is 14.1. The molecule has 0 aliphatic carbocycles. The van der Waals surface area contributed by atoms with Crippen LogP contribution in [0.4, 0.5) is 0 Å². The Morgan fingerprint density at radius 3 is 2.03 bits per heavy atom. The van der Waals surface area contributed by atoms with Crippen molar-refractivity contribution in [2.75, 3.05) is 26.7 Å². The predicted molar refractivity (Wildman–Crippen MR) is 116 cm³/mol. The molecule has 1 amide bonds. The summed E-state index contributed by atoms with van der Waals surface area (Å²) in [6.45, 7) is 1.62. The smallest absolute Gasteiger partial charge is 0.275 e. The van der Waals surface area contributed by atoms with Crippen molar-refractivity contribution in [2.24, 2.45) is 0 Å². The molecule has 0 bridgehead atoms. The first-order valence-corrected chi connectivity index (χ1v) is 10.1. The summed E-state index contributed by atoms with van der Waals surface area (Å²) >= 11 is 5.88. The molecule has 2 N–H and O–H groups in total. The van der Waals surface area contributed by atoms with Crippen LogP contribution in [0.3, 0.4) is 0 Å². The standard InChI is InChI=1S/C24H25ClN2O2/c1-27(16-17-29-22-14-12-21(25)13-15-22)18-23(28)26-24(19-8-4-2-5-9-19)20-10-6-3-7-11-20/h2-15,24H,16-18H2,1H3,(H,26,28)/p+1. The molecule has 0 aliphatic rings. The summed E-state index contributed by atoms with van der Waals surface area (Å²) in [5.74, 6) is 0.784.